The molecular weight excluding hydrogens is 258 g/mol. The topological polar surface area (TPSA) is 75.6 Å². The van der Waals surface area contributed by atoms with Gasteiger partial charge in [0.15, 0.2) is 0 Å². The van der Waals surface area contributed by atoms with E-state index in [1.54, 1.807) is 0 Å². The molecule has 0 radical (unpaired) electrons. The predicted molar refractivity (Wildman–Crippen MR) is 74.4 cm³/mol. The van der Waals surface area contributed by atoms with Gasteiger partial charge >= 0.3 is 5.97 Å². The second kappa shape index (κ2) is 7.07. The van der Waals surface area contributed by atoms with E-state index in [1.807, 2.05) is 0 Å². The summed E-state index contributed by atoms with van der Waals surface area (Å²) in [4.78, 5) is 23.6. The van der Waals surface area contributed by atoms with Gasteiger partial charge in [0, 0.05) is 13.0 Å². The number of carbonyl (C=O) groups excluding carboxylic acids is 1. The summed E-state index contributed by atoms with van der Waals surface area (Å²) >= 11 is 0. The molecule has 5 nitrogen and oxygen atoms in total. The number of amides is 1. The third-order valence-corrected chi connectivity index (χ3v) is 4.46. The highest BCUT2D eigenvalue weighted by Gasteiger charge is 2.39. The number of hydrogen-bond acceptors (Lipinski definition) is 3. The highest BCUT2D eigenvalue weighted by atomic mass is 16.5. The minimum Gasteiger partial charge on any atom is -0.480 e. The van der Waals surface area contributed by atoms with Gasteiger partial charge in [-0.25, -0.2) is 4.79 Å². The SMILES string of the molecule is O=C(CCC1CCCO1)NC1(C(=O)O)CCCCCC1. The van der Waals surface area contributed by atoms with Crippen LogP contribution in [0.25, 0.3) is 0 Å². The fraction of sp³-hybridized carbons (Fsp3) is 0.867. The second-order valence-corrected chi connectivity index (χ2v) is 6.02. The van der Waals surface area contributed by atoms with Crippen LogP contribution in [0.1, 0.15) is 64.2 Å². The number of carboxylic acid groups (broad SMARTS) is 1. The van der Waals surface area contributed by atoms with Crippen LogP contribution in [0.3, 0.4) is 0 Å². The van der Waals surface area contributed by atoms with E-state index in [2.05, 4.69) is 5.32 Å². The van der Waals surface area contributed by atoms with E-state index in [0.717, 1.165) is 45.1 Å². The zero-order chi connectivity index (χ0) is 14.4. The van der Waals surface area contributed by atoms with Crippen LogP contribution >= 0.6 is 0 Å². The fourth-order valence-corrected chi connectivity index (χ4v) is 3.22. The van der Waals surface area contributed by atoms with Crippen molar-refractivity contribution in [1.29, 1.82) is 0 Å². The van der Waals surface area contributed by atoms with E-state index in [4.69, 9.17) is 4.74 Å². The van der Waals surface area contributed by atoms with Gasteiger partial charge in [0.25, 0.3) is 0 Å². The number of aliphatic carboxylic acids is 1. The van der Waals surface area contributed by atoms with Gasteiger partial charge in [-0.3, -0.25) is 4.79 Å². The van der Waals surface area contributed by atoms with Crippen molar-refractivity contribution >= 4 is 11.9 Å². The number of nitrogens with one attached hydrogen (secondary N) is 1. The Kier molecular flexibility index (Phi) is 5.40. The number of carboxylic acids is 1. The van der Waals surface area contributed by atoms with E-state index in [9.17, 15) is 14.7 Å². The molecule has 0 aromatic carbocycles. The molecule has 114 valence electrons. The molecule has 1 heterocycles. The van der Waals surface area contributed by atoms with Crippen molar-refractivity contribution in [2.24, 2.45) is 0 Å². The molecule has 1 saturated carbocycles. The molecule has 0 aromatic rings. The monoisotopic (exact) mass is 283 g/mol. The summed E-state index contributed by atoms with van der Waals surface area (Å²) in [7, 11) is 0. The molecule has 1 aliphatic heterocycles. The van der Waals surface area contributed by atoms with E-state index in [1.165, 1.54) is 0 Å². The number of ether oxygens (including phenoxy) is 1. The van der Waals surface area contributed by atoms with E-state index in [0.29, 0.717) is 25.7 Å². The third-order valence-electron chi connectivity index (χ3n) is 4.46. The lowest BCUT2D eigenvalue weighted by Crippen LogP contribution is -2.54. The maximum absolute atomic E-state index is 12.1. The quantitative estimate of drug-likeness (QED) is 0.759. The Morgan fingerprint density at radius 1 is 1.15 bits per heavy atom. The summed E-state index contributed by atoms with van der Waals surface area (Å²) in [5.41, 5.74) is -1.04. The predicted octanol–water partition coefficient (Wildman–Crippen LogP) is 2.24. The molecule has 20 heavy (non-hydrogen) atoms. The van der Waals surface area contributed by atoms with Gasteiger partial charge < -0.3 is 15.2 Å². The Hall–Kier alpha value is -1.10. The van der Waals surface area contributed by atoms with Crippen LogP contribution in [-0.2, 0) is 14.3 Å². The lowest BCUT2D eigenvalue weighted by atomic mass is 9.90. The molecule has 2 aliphatic rings. The largest absolute Gasteiger partial charge is 0.480 e. The maximum Gasteiger partial charge on any atom is 0.329 e. The van der Waals surface area contributed by atoms with Crippen molar-refractivity contribution < 1.29 is 19.4 Å². The van der Waals surface area contributed by atoms with Crippen LogP contribution in [-0.4, -0.2) is 35.2 Å². The molecule has 1 aliphatic carbocycles. The summed E-state index contributed by atoms with van der Waals surface area (Å²) < 4.78 is 5.49. The standard InChI is InChI=1S/C15H25NO4/c17-13(8-7-12-6-5-11-20-12)16-15(14(18)19)9-3-1-2-4-10-15/h12H,1-11H2,(H,16,17)(H,18,19). The molecule has 2 N–H and O–H groups in total. The van der Waals surface area contributed by atoms with Gasteiger partial charge in [0.1, 0.15) is 5.54 Å². The molecule has 2 rings (SSSR count). The average molecular weight is 283 g/mol. The lowest BCUT2D eigenvalue weighted by molar-refractivity contribution is -0.148. The van der Waals surface area contributed by atoms with Crippen molar-refractivity contribution in [2.75, 3.05) is 6.61 Å². The Balaban J connectivity index is 1.86. The smallest absolute Gasteiger partial charge is 0.329 e. The zero-order valence-electron chi connectivity index (χ0n) is 12.0. The van der Waals surface area contributed by atoms with Crippen LogP contribution in [0.2, 0.25) is 0 Å². The number of carbonyl (C=O) groups is 2. The van der Waals surface area contributed by atoms with Crippen LogP contribution in [0.4, 0.5) is 0 Å². The Morgan fingerprint density at radius 3 is 2.40 bits per heavy atom. The summed E-state index contributed by atoms with van der Waals surface area (Å²) in [5.74, 6) is -1.03. The van der Waals surface area contributed by atoms with Gasteiger partial charge in [-0.1, -0.05) is 25.7 Å². The van der Waals surface area contributed by atoms with E-state index in [-0.39, 0.29) is 12.0 Å². The molecule has 1 saturated heterocycles. The van der Waals surface area contributed by atoms with Crippen molar-refractivity contribution in [3.8, 4) is 0 Å². The maximum atomic E-state index is 12.1. The Labute approximate surface area is 120 Å². The van der Waals surface area contributed by atoms with Crippen molar-refractivity contribution in [1.82, 2.24) is 5.32 Å². The highest BCUT2D eigenvalue weighted by Crippen LogP contribution is 2.28. The second-order valence-electron chi connectivity index (χ2n) is 6.02. The molecule has 5 heteroatoms. The van der Waals surface area contributed by atoms with E-state index < -0.39 is 11.5 Å². The lowest BCUT2D eigenvalue weighted by Gasteiger charge is -2.29. The normalized spacial score (nSPS) is 25.9. The fourth-order valence-electron chi connectivity index (χ4n) is 3.22. The molecule has 1 atom stereocenters. The third kappa shape index (κ3) is 3.95. The van der Waals surface area contributed by atoms with Crippen molar-refractivity contribution in [3.05, 3.63) is 0 Å². The zero-order valence-corrected chi connectivity index (χ0v) is 12.0. The van der Waals surface area contributed by atoms with Gasteiger partial charge in [-0.15, -0.1) is 0 Å². The summed E-state index contributed by atoms with van der Waals surface area (Å²) in [6, 6.07) is 0. The van der Waals surface area contributed by atoms with Gasteiger partial charge in [0.2, 0.25) is 5.91 Å². The van der Waals surface area contributed by atoms with Gasteiger partial charge in [-0.2, -0.15) is 0 Å². The molecule has 0 spiro atoms. The minimum absolute atomic E-state index is 0.148. The molecule has 2 fully saturated rings. The van der Waals surface area contributed by atoms with E-state index >= 15 is 0 Å². The van der Waals surface area contributed by atoms with Gasteiger partial charge in [0.05, 0.1) is 6.10 Å². The van der Waals surface area contributed by atoms with Crippen molar-refractivity contribution in [2.45, 2.75) is 75.9 Å². The first-order valence-electron chi connectivity index (χ1n) is 7.78. The average Bonchev–Trinajstić information content (AvgIpc) is 2.82. The number of rotatable bonds is 5. The first kappa shape index (κ1) is 15.3. The first-order chi connectivity index (χ1) is 9.62. The molecular formula is C15H25NO4. The summed E-state index contributed by atoms with van der Waals surface area (Å²) in [6.45, 7) is 0.783. The van der Waals surface area contributed by atoms with Crippen LogP contribution in [0, 0.1) is 0 Å². The van der Waals surface area contributed by atoms with Crippen LogP contribution < -0.4 is 5.32 Å². The summed E-state index contributed by atoms with van der Waals surface area (Å²) in [5, 5.41) is 12.3. The molecule has 0 bridgehead atoms. The van der Waals surface area contributed by atoms with Gasteiger partial charge in [-0.05, 0) is 32.1 Å². The molecule has 1 amide bonds. The summed E-state index contributed by atoms with van der Waals surface area (Å²) in [6.07, 6.45) is 8.26. The minimum atomic E-state index is -1.04. The highest BCUT2D eigenvalue weighted by molar-refractivity contribution is 5.87. The first-order valence-corrected chi connectivity index (χ1v) is 7.78. The molecule has 0 aromatic heterocycles. The Bertz CT molecular complexity index is 342. The van der Waals surface area contributed by atoms with Crippen LogP contribution in [0.5, 0.6) is 0 Å². The Morgan fingerprint density at radius 2 is 1.85 bits per heavy atom. The van der Waals surface area contributed by atoms with Crippen molar-refractivity contribution in [3.63, 3.8) is 0 Å². The molecule has 1 unspecified atom stereocenters. The van der Waals surface area contributed by atoms with Crippen LogP contribution in [0.15, 0.2) is 0 Å². The number of hydrogen-bond donors (Lipinski definition) is 2.